The number of rotatable bonds is 3. The Hall–Kier alpha value is -1.10. The Labute approximate surface area is 120 Å². The third kappa shape index (κ3) is 2.43. The van der Waals surface area contributed by atoms with Gasteiger partial charge in [-0.2, -0.15) is 0 Å². The van der Waals surface area contributed by atoms with Gasteiger partial charge < -0.3 is 15.0 Å². The fourth-order valence-electron chi connectivity index (χ4n) is 3.54. The predicted octanol–water partition coefficient (Wildman–Crippen LogP) is 0.927. The van der Waals surface area contributed by atoms with Gasteiger partial charge in [-0.1, -0.05) is 0 Å². The Morgan fingerprint density at radius 1 is 1.20 bits per heavy atom. The Balaban J connectivity index is 1.76. The van der Waals surface area contributed by atoms with Crippen LogP contribution in [0.3, 0.4) is 0 Å². The minimum Gasteiger partial charge on any atom is -0.381 e. The summed E-state index contributed by atoms with van der Waals surface area (Å²) in [7, 11) is 0. The SMILES string of the molecule is CC1C(=O)NC(C2CC2)C(=O)N1C(C)C1CCOCC1. The monoisotopic (exact) mass is 280 g/mol. The van der Waals surface area contributed by atoms with Crippen molar-refractivity contribution in [1.82, 2.24) is 10.2 Å². The number of ether oxygens (including phenoxy) is 1. The van der Waals surface area contributed by atoms with Crippen LogP contribution in [0.1, 0.15) is 39.5 Å². The van der Waals surface area contributed by atoms with Crippen LogP contribution < -0.4 is 5.32 Å². The quantitative estimate of drug-likeness (QED) is 0.836. The van der Waals surface area contributed by atoms with Gasteiger partial charge in [0.1, 0.15) is 12.1 Å². The second kappa shape index (κ2) is 5.35. The molecule has 112 valence electrons. The van der Waals surface area contributed by atoms with Crippen molar-refractivity contribution in [1.29, 1.82) is 0 Å². The summed E-state index contributed by atoms with van der Waals surface area (Å²) in [6, 6.07) is -0.509. The first-order valence-electron chi connectivity index (χ1n) is 7.80. The van der Waals surface area contributed by atoms with Crippen LogP contribution in [0.25, 0.3) is 0 Å². The Morgan fingerprint density at radius 2 is 1.85 bits per heavy atom. The van der Waals surface area contributed by atoms with E-state index in [9.17, 15) is 9.59 Å². The molecule has 0 spiro atoms. The molecule has 1 N–H and O–H groups in total. The molecule has 2 saturated heterocycles. The molecule has 2 heterocycles. The summed E-state index contributed by atoms with van der Waals surface area (Å²) in [5.74, 6) is 0.934. The molecule has 0 aromatic rings. The van der Waals surface area contributed by atoms with Crippen molar-refractivity contribution in [3.8, 4) is 0 Å². The average Bonchev–Trinajstić information content (AvgIpc) is 3.28. The highest BCUT2D eigenvalue weighted by Crippen LogP contribution is 2.36. The van der Waals surface area contributed by atoms with E-state index in [0.717, 1.165) is 38.9 Å². The van der Waals surface area contributed by atoms with Crippen LogP contribution in [-0.2, 0) is 14.3 Å². The number of piperazine rings is 1. The summed E-state index contributed by atoms with van der Waals surface area (Å²) in [6.07, 6.45) is 4.08. The highest BCUT2D eigenvalue weighted by molar-refractivity contribution is 5.97. The van der Waals surface area contributed by atoms with Gasteiger partial charge in [0.05, 0.1) is 0 Å². The number of nitrogens with one attached hydrogen (secondary N) is 1. The number of hydrogen-bond acceptors (Lipinski definition) is 3. The first-order valence-corrected chi connectivity index (χ1v) is 7.80. The molecule has 5 nitrogen and oxygen atoms in total. The second-order valence-electron chi connectivity index (χ2n) is 6.44. The first-order chi connectivity index (χ1) is 9.59. The molecule has 20 heavy (non-hydrogen) atoms. The number of hydrogen-bond donors (Lipinski definition) is 1. The molecule has 3 rings (SSSR count). The van der Waals surface area contributed by atoms with Crippen LogP contribution in [-0.4, -0.2) is 48.1 Å². The average molecular weight is 280 g/mol. The van der Waals surface area contributed by atoms with Crippen LogP contribution in [0.5, 0.6) is 0 Å². The molecule has 0 aromatic carbocycles. The molecule has 3 atom stereocenters. The normalized spacial score (nSPS) is 34.0. The zero-order valence-corrected chi connectivity index (χ0v) is 12.3. The summed E-state index contributed by atoms with van der Waals surface area (Å²) in [4.78, 5) is 26.7. The number of amides is 2. The summed E-state index contributed by atoms with van der Waals surface area (Å²) >= 11 is 0. The highest BCUT2D eigenvalue weighted by atomic mass is 16.5. The molecule has 2 aliphatic heterocycles. The Morgan fingerprint density at radius 3 is 2.45 bits per heavy atom. The van der Waals surface area contributed by atoms with Crippen molar-refractivity contribution in [2.75, 3.05) is 13.2 Å². The van der Waals surface area contributed by atoms with Crippen molar-refractivity contribution in [3.05, 3.63) is 0 Å². The molecule has 0 bridgehead atoms. The van der Waals surface area contributed by atoms with Crippen LogP contribution in [0.15, 0.2) is 0 Å². The van der Waals surface area contributed by atoms with E-state index in [1.165, 1.54) is 0 Å². The zero-order valence-electron chi connectivity index (χ0n) is 12.3. The van der Waals surface area contributed by atoms with Crippen LogP contribution in [0.4, 0.5) is 0 Å². The topological polar surface area (TPSA) is 58.6 Å². The zero-order chi connectivity index (χ0) is 14.3. The van der Waals surface area contributed by atoms with Crippen molar-refractivity contribution in [2.45, 2.75) is 57.7 Å². The maximum absolute atomic E-state index is 12.7. The lowest BCUT2D eigenvalue weighted by atomic mass is 9.89. The molecule has 1 saturated carbocycles. The van der Waals surface area contributed by atoms with E-state index in [4.69, 9.17) is 4.74 Å². The van der Waals surface area contributed by atoms with Gasteiger partial charge >= 0.3 is 0 Å². The van der Waals surface area contributed by atoms with Crippen LogP contribution in [0.2, 0.25) is 0 Å². The smallest absolute Gasteiger partial charge is 0.246 e. The van der Waals surface area contributed by atoms with Crippen molar-refractivity contribution < 1.29 is 14.3 Å². The third-order valence-corrected chi connectivity index (χ3v) is 5.10. The van der Waals surface area contributed by atoms with E-state index < -0.39 is 0 Å². The molecule has 3 aliphatic rings. The van der Waals surface area contributed by atoms with E-state index in [1.54, 1.807) is 0 Å². The van der Waals surface area contributed by atoms with Gasteiger partial charge in [-0.15, -0.1) is 0 Å². The lowest BCUT2D eigenvalue weighted by molar-refractivity contribution is -0.153. The van der Waals surface area contributed by atoms with Crippen LogP contribution >= 0.6 is 0 Å². The Kier molecular flexibility index (Phi) is 3.71. The maximum Gasteiger partial charge on any atom is 0.246 e. The molecule has 0 radical (unpaired) electrons. The molecule has 5 heteroatoms. The third-order valence-electron chi connectivity index (χ3n) is 5.10. The molecule has 1 aliphatic carbocycles. The molecule has 0 aromatic heterocycles. The van der Waals surface area contributed by atoms with Gasteiger partial charge in [0.2, 0.25) is 11.8 Å². The van der Waals surface area contributed by atoms with E-state index in [-0.39, 0.29) is 29.9 Å². The van der Waals surface area contributed by atoms with E-state index >= 15 is 0 Å². The molecule has 2 amide bonds. The molecular formula is C15H24N2O3. The number of carbonyl (C=O) groups is 2. The summed E-state index contributed by atoms with van der Waals surface area (Å²) in [5, 5.41) is 2.91. The number of carbonyl (C=O) groups excluding carboxylic acids is 2. The fraction of sp³-hybridized carbons (Fsp3) is 0.867. The highest BCUT2D eigenvalue weighted by Gasteiger charge is 2.47. The standard InChI is InChI=1S/C15H24N2O3/c1-9(11-5-7-20-8-6-11)17-10(2)14(18)16-13(15(17)19)12-3-4-12/h9-13H,3-8H2,1-2H3,(H,16,18). The summed E-state index contributed by atoms with van der Waals surface area (Å²) in [5.41, 5.74) is 0. The first kappa shape index (κ1) is 13.9. The van der Waals surface area contributed by atoms with Gasteiger partial charge in [0, 0.05) is 19.3 Å². The second-order valence-corrected chi connectivity index (χ2v) is 6.44. The van der Waals surface area contributed by atoms with Gasteiger partial charge in [0.15, 0.2) is 0 Å². The minimum atomic E-state index is -0.352. The van der Waals surface area contributed by atoms with Crippen molar-refractivity contribution in [3.63, 3.8) is 0 Å². The minimum absolute atomic E-state index is 0.000379. The lowest BCUT2D eigenvalue weighted by Gasteiger charge is -2.44. The lowest BCUT2D eigenvalue weighted by Crippen LogP contribution is -2.66. The van der Waals surface area contributed by atoms with Gasteiger partial charge in [0.25, 0.3) is 0 Å². The van der Waals surface area contributed by atoms with Crippen molar-refractivity contribution in [2.24, 2.45) is 11.8 Å². The Bertz CT molecular complexity index is 402. The van der Waals surface area contributed by atoms with Gasteiger partial charge in [-0.3, -0.25) is 9.59 Å². The summed E-state index contributed by atoms with van der Waals surface area (Å²) in [6.45, 7) is 5.46. The molecule has 3 fully saturated rings. The number of nitrogens with zero attached hydrogens (tertiary/aromatic N) is 1. The largest absolute Gasteiger partial charge is 0.381 e. The van der Waals surface area contributed by atoms with Gasteiger partial charge in [-0.25, -0.2) is 0 Å². The van der Waals surface area contributed by atoms with E-state index in [1.807, 2.05) is 11.8 Å². The van der Waals surface area contributed by atoms with Crippen LogP contribution in [0, 0.1) is 11.8 Å². The van der Waals surface area contributed by atoms with E-state index in [0.29, 0.717) is 11.8 Å². The maximum atomic E-state index is 12.7. The summed E-state index contributed by atoms with van der Waals surface area (Å²) < 4.78 is 5.40. The van der Waals surface area contributed by atoms with Gasteiger partial charge in [-0.05, 0) is 51.4 Å². The van der Waals surface area contributed by atoms with Crippen molar-refractivity contribution >= 4 is 11.8 Å². The molecule has 3 unspecified atom stereocenters. The molecular weight excluding hydrogens is 256 g/mol. The van der Waals surface area contributed by atoms with E-state index in [2.05, 4.69) is 12.2 Å². The fourth-order valence-corrected chi connectivity index (χ4v) is 3.54. The predicted molar refractivity (Wildman–Crippen MR) is 74.0 cm³/mol.